The number of ether oxygens (including phenoxy) is 1. The summed E-state index contributed by atoms with van der Waals surface area (Å²) >= 11 is 0. The van der Waals surface area contributed by atoms with Gasteiger partial charge >= 0.3 is 0 Å². The van der Waals surface area contributed by atoms with Crippen LogP contribution >= 0.6 is 0 Å². The third kappa shape index (κ3) is 4.71. The van der Waals surface area contributed by atoms with Crippen molar-refractivity contribution in [3.05, 3.63) is 18.3 Å². The van der Waals surface area contributed by atoms with Crippen LogP contribution in [0.3, 0.4) is 0 Å². The summed E-state index contributed by atoms with van der Waals surface area (Å²) in [5, 5.41) is 3.39. The summed E-state index contributed by atoms with van der Waals surface area (Å²) in [4.78, 5) is 6.90. The Morgan fingerprint density at radius 2 is 2.11 bits per heavy atom. The molecule has 2 rings (SSSR count). The molecule has 1 atom stereocenters. The Kier molecular flexibility index (Phi) is 5.45. The lowest BCUT2D eigenvalue weighted by atomic mass is 10.1. The van der Waals surface area contributed by atoms with Crippen LogP contribution in [0.25, 0.3) is 0 Å². The maximum absolute atomic E-state index is 5.10. The summed E-state index contributed by atoms with van der Waals surface area (Å²) < 4.78 is 5.10. The van der Waals surface area contributed by atoms with Gasteiger partial charge in [-0.05, 0) is 44.0 Å². The van der Waals surface area contributed by atoms with E-state index in [1.54, 1.807) is 13.3 Å². The molecule has 4 nitrogen and oxygen atoms in total. The van der Waals surface area contributed by atoms with E-state index in [0.717, 1.165) is 18.1 Å². The lowest BCUT2D eigenvalue weighted by Gasteiger charge is -2.29. The number of hydrogen-bond acceptors (Lipinski definition) is 4. The molecule has 4 heteroatoms. The van der Waals surface area contributed by atoms with Crippen LogP contribution in [0, 0.1) is 5.92 Å². The van der Waals surface area contributed by atoms with E-state index in [4.69, 9.17) is 4.74 Å². The number of anilines is 1. The van der Waals surface area contributed by atoms with Crippen LogP contribution < -0.4 is 10.1 Å². The Balaban J connectivity index is 1.71. The Morgan fingerprint density at radius 1 is 1.32 bits per heavy atom. The van der Waals surface area contributed by atoms with Gasteiger partial charge in [-0.25, -0.2) is 4.98 Å². The molecule has 1 aliphatic rings. The molecule has 19 heavy (non-hydrogen) atoms. The largest absolute Gasteiger partial charge is 0.495 e. The van der Waals surface area contributed by atoms with Gasteiger partial charge in [-0.2, -0.15) is 0 Å². The summed E-state index contributed by atoms with van der Waals surface area (Å²) in [5.41, 5.74) is 0. The monoisotopic (exact) mass is 263 g/mol. The minimum Gasteiger partial charge on any atom is -0.495 e. The third-order valence-electron chi connectivity index (χ3n) is 3.62. The molecule has 0 amide bonds. The van der Waals surface area contributed by atoms with Crippen molar-refractivity contribution in [3.8, 4) is 5.75 Å². The number of hydrogen-bond donors (Lipinski definition) is 1. The SMILES string of the molecule is COc1ccc(NCC(C)CN2CCCCC2)nc1. The molecule has 106 valence electrons. The maximum Gasteiger partial charge on any atom is 0.137 e. The summed E-state index contributed by atoms with van der Waals surface area (Å²) in [5.74, 6) is 2.36. The summed E-state index contributed by atoms with van der Waals surface area (Å²) in [7, 11) is 1.66. The summed E-state index contributed by atoms with van der Waals surface area (Å²) in [6.45, 7) is 6.99. The lowest BCUT2D eigenvalue weighted by Crippen LogP contribution is -2.35. The van der Waals surface area contributed by atoms with Crippen molar-refractivity contribution in [2.75, 3.05) is 38.6 Å². The zero-order valence-corrected chi connectivity index (χ0v) is 12.1. The van der Waals surface area contributed by atoms with Crippen molar-refractivity contribution in [2.45, 2.75) is 26.2 Å². The predicted octanol–water partition coefficient (Wildman–Crippen LogP) is 2.62. The Labute approximate surface area is 116 Å². The van der Waals surface area contributed by atoms with Gasteiger partial charge in [-0.3, -0.25) is 0 Å². The molecule has 1 aliphatic heterocycles. The number of pyridine rings is 1. The fraction of sp³-hybridized carbons (Fsp3) is 0.667. The Bertz CT molecular complexity index is 360. The second-order valence-electron chi connectivity index (χ2n) is 5.43. The fourth-order valence-corrected chi connectivity index (χ4v) is 2.53. The number of piperidine rings is 1. The van der Waals surface area contributed by atoms with Crippen molar-refractivity contribution in [1.82, 2.24) is 9.88 Å². The molecule has 0 aliphatic carbocycles. The van der Waals surface area contributed by atoms with Gasteiger partial charge in [0.05, 0.1) is 13.3 Å². The first-order valence-corrected chi connectivity index (χ1v) is 7.24. The van der Waals surface area contributed by atoms with Crippen molar-refractivity contribution < 1.29 is 4.74 Å². The average molecular weight is 263 g/mol. The Hall–Kier alpha value is -1.29. The number of methoxy groups -OCH3 is 1. The van der Waals surface area contributed by atoms with Gasteiger partial charge in [0, 0.05) is 13.1 Å². The van der Waals surface area contributed by atoms with Gasteiger partial charge in [0.15, 0.2) is 0 Å². The molecular weight excluding hydrogens is 238 g/mol. The molecule has 1 aromatic heterocycles. The number of rotatable bonds is 6. The van der Waals surface area contributed by atoms with Crippen LogP contribution in [0.1, 0.15) is 26.2 Å². The molecule has 1 aromatic rings. The van der Waals surface area contributed by atoms with Crippen molar-refractivity contribution in [1.29, 1.82) is 0 Å². The molecule has 1 saturated heterocycles. The second-order valence-corrected chi connectivity index (χ2v) is 5.43. The van der Waals surface area contributed by atoms with E-state index in [1.807, 2.05) is 12.1 Å². The van der Waals surface area contributed by atoms with E-state index in [0.29, 0.717) is 5.92 Å². The standard InChI is InChI=1S/C15H25N3O/c1-13(12-18-8-4-3-5-9-18)10-16-15-7-6-14(19-2)11-17-15/h6-7,11,13H,3-5,8-10,12H2,1-2H3,(H,16,17). The molecule has 1 fully saturated rings. The summed E-state index contributed by atoms with van der Waals surface area (Å²) in [6, 6.07) is 3.90. The van der Waals surface area contributed by atoms with Crippen LogP contribution in [0.4, 0.5) is 5.82 Å². The predicted molar refractivity (Wildman–Crippen MR) is 78.7 cm³/mol. The van der Waals surface area contributed by atoms with E-state index in [1.165, 1.54) is 38.9 Å². The zero-order valence-electron chi connectivity index (χ0n) is 12.1. The molecule has 2 heterocycles. The van der Waals surface area contributed by atoms with Crippen LogP contribution in [-0.4, -0.2) is 43.2 Å². The molecule has 1 unspecified atom stereocenters. The second kappa shape index (κ2) is 7.34. The molecular formula is C15H25N3O. The third-order valence-corrected chi connectivity index (χ3v) is 3.62. The lowest BCUT2D eigenvalue weighted by molar-refractivity contribution is 0.204. The van der Waals surface area contributed by atoms with E-state index in [9.17, 15) is 0 Å². The Morgan fingerprint density at radius 3 is 2.74 bits per heavy atom. The first-order valence-electron chi connectivity index (χ1n) is 7.24. The molecule has 0 saturated carbocycles. The number of nitrogens with one attached hydrogen (secondary N) is 1. The van der Waals surface area contributed by atoms with Crippen LogP contribution in [0.2, 0.25) is 0 Å². The minimum absolute atomic E-state index is 0.641. The summed E-state index contributed by atoms with van der Waals surface area (Å²) in [6.07, 6.45) is 5.87. The van der Waals surface area contributed by atoms with Gasteiger partial charge in [0.1, 0.15) is 11.6 Å². The van der Waals surface area contributed by atoms with Gasteiger partial charge in [-0.15, -0.1) is 0 Å². The highest BCUT2D eigenvalue weighted by Gasteiger charge is 2.13. The quantitative estimate of drug-likeness (QED) is 0.856. The first kappa shape index (κ1) is 14.1. The fourth-order valence-electron chi connectivity index (χ4n) is 2.53. The first-order chi connectivity index (χ1) is 9.28. The van der Waals surface area contributed by atoms with Gasteiger partial charge in [0.25, 0.3) is 0 Å². The van der Waals surface area contributed by atoms with Crippen molar-refractivity contribution in [2.24, 2.45) is 5.92 Å². The topological polar surface area (TPSA) is 37.4 Å². The maximum atomic E-state index is 5.10. The molecule has 0 bridgehead atoms. The van der Waals surface area contributed by atoms with E-state index in [2.05, 4.69) is 22.1 Å². The molecule has 0 radical (unpaired) electrons. The van der Waals surface area contributed by atoms with Crippen LogP contribution in [0.5, 0.6) is 5.75 Å². The molecule has 0 aromatic carbocycles. The zero-order chi connectivity index (χ0) is 13.5. The highest BCUT2D eigenvalue weighted by molar-refractivity contribution is 5.37. The van der Waals surface area contributed by atoms with Gasteiger partial charge in [0.2, 0.25) is 0 Å². The average Bonchev–Trinajstić information content (AvgIpc) is 2.47. The normalized spacial score (nSPS) is 18.0. The van der Waals surface area contributed by atoms with Crippen molar-refractivity contribution in [3.63, 3.8) is 0 Å². The van der Waals surface area contributed by atoms with Gasteiger partial charge < -0.3 is 15.0 Å². The number of nitrogens with zero attached hydrogens (tertiary/aromatic N) is 2. The van der Waals surface area contributed by atoms with Gasteiger partial charge in [-0.1, -0.05) is 13.3 Å². The minimum atomic E-state index is 0.641. The smallest absolute Gasteiger partial charge is 0.137 e. The van der Waals surface area contributed by atoms with Crippen molar-refractivity contribution >= 4 is 5.82 Å². The van der Waals surface area contributed by atoms with E-state index < -0.39 is 0 Å². The highest BCUT2D eigenvalue weighted by atomic mass is 16.5. The van der Waals surface area contributed by atoms with E-state index >= 15 is 0 Å². The van der Waals surface area contributed by atoms with Crippen LogP contribution in [0.15, 0.2) is 18.3 Å². The number of aromatic nitrogens is 1. The highest BCUT2D eigenvalue weighted by Crippen LogP contribution is 2.13. The van der Waals surface area contributed by atoms with Crippen LogP contribution in [-0.2, 0) is 0 Å². The number of likely N-dealkylation sites (tertiary alicyclic amines) is 1. The van der Waals surface area contributed by atoms with E-state index in [-0.39, 0.29) is 0 Å². The molecule has 0 spiro atoms. The molecule has 1 N–H and O–H groups in total.